The van der Waals surface area contributed by atoms with E-state index in [4.69, 9.17) is 29.4 Å². The van der Waals surface area contributed by atoms with Gasteiger partial charge >= 0.3 is 25.7 Å². The van der Waals surface area contributed by atoms with Crippen molar-refractivity contribution in [2.45, 2.75) is 302 Å². The van der Waals surface area contributed by atoms with Crippen LogP contribution in [0.5, 0.6) is 0 Å². The third-order valence-corrected chi connectivity index (χ3v) is 13.6. The first-order valence-corrected chi connectivity index (χ1v) is 29.1. The molecular weight excluding hydrogens is 842 g/mol. The Labute approximate surface area is 399 Å². The molecule has 0 rings (SSSR count). The van der Waals surface area contributed by atoms with E-state index in [9.17, 15) is 23.8 Å². The second kappa shape index (κ2) is 48.9. The number of ether oxygens (including phenoxy) is 2. The monoisotopic (exact) mass is 946 g/mol. The molecule has 3 atom stereocenters. The molecule has 0 saturated carbocycles. The Bertz CT molecular complexity index is 1110. The van der Waals surface area contributed by atoms with E-state index in [0.717, 1.165) is 38.5 Å². The zero-order valence-corrected chi connectivity index (χ0v) is 43.3. The number of carboxylic acids is 1. The van der Waals surface area contributed by atoms with Crippen LogP contribution in [0.1, 0.15) is 290 Å². The van der Waals surface area contributed by atoms with Gasteiger partial charge in [-0.15, -0.1) is 0 Å². The molecule has 0 aromatic heterocycles. The van der Waals surface area contributed by atoms with E-state index in [0.29, 0.717) is 12.8 Å². The summed E-state index contributed by atoms with van der Waals surface area (Å²) in [7, 11) is -4.72. The van der Waals surface area contributed by atoms with Crippen LogP contribution in [0.4, 0.5) is 0 Å². The lowest BCUT2D eigenvalue weighted by atomic mass is 10.0. The van der Waals surface area contributed by atoms with E-state index in [2.05, 4.69) is 13.8 Å². The molecule has 3 unspecified atom stereocenters. The largest absolute Gasteiger partial charge is 0.480 e. The van der Waals surface area contributed by atoms with Crippen molar-refractivity contribution in [3.05, 3.63) is 0 Å². The van der Waals surface area contributed by atoms with Gasteiger partial charge in [-0.3, -0.25) is 23.4 Å². The Hall–Kier alpha value is -1.52. The molecule has 0 aliphatic heterocycles. The van der Waals surface area contributed by atoms with Crippen LogP contribution in [0.3, 0.4) is 0 Å². The van der Waals surface area contributed by atoms with Crippen molar-refractivity contribution >= 4 is 25.7 Å². The molecule has 0 heterocycles. The van der Waals surface area contributed by atoms with Gasteiger partial charge in [0.25, 0.3) is 0 Å². The average Bonchev–Trinajstić information content (AvgIpc) is 3.28. The van der Waals surface area contributed by atoms with E-state index in [1.807, 2.05) is 0 Å². The van der Waals surface area contributed by atoms with Crippen LogP contribution >= 0.6 is 7.82 Å². The number of rotatable bonds is 53. The van der Waals surface area contributed by atoms with Crippen molar-refractivity contribution in [1.29, 1.82) is 0 Å². The molecule has 0 bridgehead atoms. The fourth-order valence-corrected chi connectivity index (χ4v) is 9.08. The number of nitrogens with two attached hydrogens (primary N) is 1. The van der Waals surface area contributed by atoms with Crippen molar-refractivity contribution in [3.8, 4) is 0 Å². The van der Waals surface area contributed by atoms with Crippen LogP contribution in [0, 0.1) is 0 Å². The van der Waals surface area contributed by atoms with Gasteiger partial charge in [0.05, 0.1) is 13.2 Å². The summed E-state index contributed by atoms with van der Waals surface area (Å²) < 4.78 is 32.9. The highest BCUT2D eigenvalue weighted by molar-refractivity contribution is 7.47. The lowest BCUT2D eigenvalue weighted by Gasteiger charge is -2.20. The van der Waals surface area contributed by atoms with Gasteiger partial charge in [-0.2, -0.15) is 0 Å². The number of carboxylic acid groups (broad SMARTS) is 1. The summed E-state index contributed by atoms with van der Waals surface area (Å²) in [6.07, 6.45) is 51.7. The Morgan fingerprint density at radius 3 is 0.969 bits per heavy atom. The lowest BCUT2D eigenvalue weighted by molar-refractivity contribution is -0.161. The van der Waals surface area contributed by atoms with Crippen LogP contribution in [-0.4, -0.2) is 59.9 Å². The topological polar surface area (TPSA) is 172 Å². The summed E-state index contributed by atoms with van der Waals surface area (Å²) in [5, 5.41) is 8.93. The van der Waals surface area contributed by atoms with Gasteiger partial charge < -0.3 is 25.2 Å². The van der Waals surface area contributed by atoms with Gasteiger partial charge in [0, 0.05) is 12.8 Å². The fourth-order valence-electron chi connectivity index (χ4n) is 8.31. The van der Waals surface area contributed by atoms with Crippen LogP contribution in [0.15, 0.2) is 0 Å². The minimum Gasteiger partial charge on any atom is -0.480 e. The molecule has 0 fully saturated rings. The first-order valence-electron chi connectivity index (χ1n) is 27.6. The van der Waals surface area contributed by atoms with E-state index in [1.165, 1.54) is 212 Å². The maximum Gasteiger partial charge on any atom is 0.472 e. The molecule has 386 valence electrons. The molecule has 0 aliphatic carbocycles. The SMILES string of the molecule is CCCCCCCCCCCCCCCCCCCCCCCC(=O)OC(COC(=O)CCCCCCCCCCCCCCCCCCCCCC)COP(=O)(O)OCC(N)C(=O)O. The lowest BCUT2D eigenvalue weighted by Crippen LogP contribution is -2.34. The highest BCUT2D eigenvalue weighted by atomic mass is 31.2. The number of esters is 2. The van der Waals surface area contributed by atoms with Crippen LogP contribution in [-0.2, 0) is 37.5 Å². The number of hydrogen-bond acceptors (Lipinski definition) is 9. The minimum atomic E-state index is -4.72. The normalized spacial score (nSPS) is 13.4. The Morgan fingerprint density at radius 1 is 0.415 bits per heavy atom. The van der Waals surface area contributed by atoms with E-state index in [-0.39, 0.29) is 19.4 Å². The van der Waals surface area contributed by atoms with Gasteiger partial charge in [0.1, 0.15) is 12.6 Å². The molecule has 11 nitrogen and oxygen atoms in total. The minimum absolute atomic E-state index is 0.170. The number of phosphoric acid groups is 1. The first kappa shape index (κ1) is 63.5. The van der Waals surface area contributed by atoms with Gasteiger partial charge in [-0.05, 0) is 12.8 Å². The smallest absolute Gasteiger partial charge is 0.472 e. The first-order chi connectivity index (χ1) is 31.6. The summed E-state index contributed by atoms with van der Waals surface area (Å²) in [5.41, 5.74) is 5.36. The number of aliphatic carboxylic acids is 1. The maximum atomic E-state index is 12.7. The number of carbonyl (C=O) groups excluding carboxylic acids is 2. The third kappa shape index (κ3) is 48.7. The standard InChI is InChI=1S/C53H104NO10P/c1-3-5-7-9-11-13-15-17-19-21-23-25-27-29-31-33-35-37-39-41-43-45-52(56)64-49(47-62-65(59,60)63-48-50(54)53(57)58)46-61-51(55)44-42-40-38-36-34-32-30-28-26-24-22-20-18-16-14-12-10-8-6-4-2/h49-50H,3-48,54H2,1-2H3,(H,57,58)(H,59,60). The summed E-state index contributed by atoms with van der Waals surface area (Å²) in [6, 6.07) is -1.52. The summed E-state index contributed by atoms with van der Waals surface area (Å²) >= 11 is 0. The zero-order valence-electron chi connectivity index (χ0n) is 42.4. The van der Waals surface area contributed by atoms with E-state index in [1.54, 1.807) is 0 Å². The molecule has 0 amide bonds. The molecule has 0 radical (unpaired) electrons. The van der Waals surface area contributed by atoms with Gasteiger partial charge in [0.15, 0.2) is 6.10 Å². The van der Waals surface area contributed by atoms with Crippen LogP contribution in [0.2, 0.25) is 0 Å². The zero-order chi connectivity index (χ0) is 47.7. The molecule has 0 aromatic carbocycles. The highest BCUT2D eigenvalue weighted by Gasteiger charge is 2.28. The van der Waals surface area contributed by atoms with Gasteiger partial charge in [0.2, 0.25) is 0 Å². The molecular formula is C53H104NO10P. The Balaban J connectivity index is 4.14. The van der Waals surface area contributed by atoms with E-state index >= 15 is 0 Å². The molecule has 12 heteroatoms. The summed E-state index contributed by atoms with van der Waals surface area (Å²) in [4.78, 5) is 46.3. The molecule has 0 spiro atoms. The predicted molar refractivity (Wildman–Crippen MR) is 268 cm³/mol. The Morgan fingerprint density at radius 2 is 0.677 bits per heavy atom. The van der Waals surface area contributed by atoms with Crippen molar-refractivity contribution in [2.24, 2.45) is 5.73 Å². The van der Waals surface area contributed by atoms with Crippen molar-refractivity contribution in [2.75, 3.05) is 19.8 Å². The second-order valence-corrected chi connectivity index (χ2v) is 20.5. The predicted octanol–water partition coefficient (Wildman–Crippen LogP) is 15.8. The molecule has 0 aromatic rings. The molecule has 0 saturated heterocycles. The molecule has 0 aliphatic rings. The Kier molecular flexibility index (Phi) is 47.8. The van der Waals surface area contributed by atoms with Crippen LogP contribution < -0.4 is 5.73 Å². The van der Waals surface area contributed by atoms with Gasteiger partial charge in [-0.25, -0.2) is 4.57 Å². The van der Waals surface area contributed by atoms with E-state index < -0.39 is 51.1 Å². The highest BCUT2D eigenvalue weighted by Crippen LogP contribution is 2.43. The van der Waals surface area contributed by atoms with Crippen molar-refractivity contribution in [1.82, 2.24) is 0 Å². The molecule has 65 heavy (non-hydrogen) atoms. The maximum absolute atomic E-state index is 12.7. The third-order valence-electron chi connectivity index (χ3n) is 12.6. The summed E-state index contributed by atoms with van der Waals surface area (Å²) in [5.74, 6) is -2.35. The van der Waals surface area contributed by atoms with Crippen LogP contribution in [0.25, 0.3) is 0 Å². The van der Waals surface area contributed by atoms with Crippen molar-refractivity contribution < 1.29 is 47.5 Å². The van der Waals surface area contributed by atoms with Crippen molar-refractivity contribution in [3.63, 3.8) is 0 Å². The fraction of sp³-hybridized carbons (Fsp3) is 0.943. The number of hydrogen-bond donors (Lipinski definition) is 3. The quantitative estimate of drug-likeness (QED) is 0.0301. The number of phosphoric ester groups is 1. The average molecular weight is 946 g/mol. The number of carbonyl (C=O) groups is 3. The molecule has 4 N–H and O–H groups in total. The summed E-state index contributed by atoms with van der Waals surface area (Å²) in [6.45, 7) is 2.89. The van der Waals surface area contributed by atoms with Gasteiger partial charge in [-0.1, -0.05) is 264 Å². The number of unbranched alkanes of at least 4 members (excludes halogenated alkanes) is 39. The second-order valence-electron chi connectivity index (χ2n) is 19.1.